The number of nitrogens with one attached hydrogen (secondary N) is 4. The summed E-state index contributed by atoms with van der Waals surface area (Å²) < 4.78 is 190. The highest BCUT2D eigenvalue weighted by Gasteiger charge is 2.49. The van der Waals surface area contributed by atoms with E-state index in [1.165, 1.54) is 52.0 Å². The summed E-state index contributed by atoms with van der Waals surface area (Å²) in [5.41, 5.74) is -9.77. The van der Waals surface area contributed by atoms with Crippen molar-refractivity contribution in [3.63, 3.8) is 0 Å². The first-order chi connectivity index (χ1) is 58.4. The number of hydrogen-bond acceptors (Lipinski definition) is 20. The van der Waals surface area contributed by atoms with Crippen LogP contribution in [-0.2, 0) is 45.1 Å². The quantitative estimate of drug-likeness (QED) is 0.0581. The van der Waals surface area contributed by atoms with Crippen molar-refractivity contribution >= 4 is 47.3 Å². The highest BCUT2D eigenvalue weighted by Crippen LogP contribution is 2.41. The summed E-state index contributed by atoms with van der Waals surface area (Å²) in [6, 6.07) is 1.38. The monoisotopic (exact) mass is 1730 g/mol. The molecule has 8 atom stereocenters. The van der Waals surface area contributed by atoms with Crippen LogP contribution in [0, 0.1) is 69.8 Å². The van der Waals surface area contributed by atoms with E-state index in [9.17, 15) is 131 Å². The molecule has 8 N–H and O–H groups in total. The number of halogens is 12. The zero-order valence-corrected chi connectivity index (χ0v) is 64.6. The fraction of sp³-hybridized carbons (Fsp3) is 0.342. The molecule has 44 heteroatoms. The molecule has 32 nitrogen and oxygen atoms in total. The van der Waals surface area contributed by atoms with E-state index in [-0.39, 0.29) is 61.3 Å². The Hall–Kier alpha value is -13.4. The normalized spacial score (nSPS) is 19.9. The number of hydrogen-bond donors (Lipinski definition) is 8. The Kier molecular flexibility index (Phi) is 24.9. The lowest BCUT2D eigenvalue weighted by Crippen LogP contribution is -2.51. The molecule has 123 heavy (non-hydrogen) atoms. The van der Waals surface area contributed by atoms with Crippen LogP contribution < -0.4 is 43.0 Å². The Balaban J connectivity index is 0.000000141. The molecule has 4 aromatic heterocycles. The minimum absolute atomic E-state index is 0.199. The van der Waals surface area contributed by atoms with Gasteiger partial charge in [-0.1, -0.05) is 6.92 Å². The summed E-state index contributed by atoms with van der Waals surface area (Å²) >= 11 is 0. The number of aromatic hydroxyl groups is 4. The zero-order valence-electron chi connectivity index (χ0n) is 64.6. The maximum atomic E-state index is 13.8. The zero-order chi connectivity index (χ0) is 89.1. The van der Waals surface area contributed by atoms with E-state index < -0.39 is 269 Å². The fourth-order valence-corrected chi connectivity index (χ4v) is 15.6. The second-order valence-electron chi connectivity index (χ2n) is 29.0. The van der Waals surface area contributed by atoms with Crippen molar-refractivity contribution in [2.24, 2.45) is 0 Å². The van der Waals surface area contributed by atoms with Gasteiger partial charge < -0.3 is 98.5 Å². The first kappa shape index (κ1) is 87.5. The minimum Gasteiger partial charge on any atom is -0.503 e. The molecule has 0 spiro atoms. The molecule has 0 unspecified atom stereocenters. The average Bonchev–Trinajstić information content (AvgIpc) is 1.74. The van der Waals surface area contributed by atoms with Crippen LogP contribution in [0.5, 0.6) is 23.0 Å². The Morgan fingerprint density at radius 3 is 0.959 bits per heavy atom. The van der Waals surface area contributed by atoms with Crippen LogP contribution in [0.1, 0.15) is 163 Å². The number of benzene rings is 4. The fourth-order valence-electron chi connectivity index (χ4n) is 15.6. The van der Waals surface area contributed by atoms with Crippen LogP contribution in [0.3, 0.4) is 0 Å². The van der Waals surface area contributed by atoms with E-state index >= 15 is 0 Å². The lowest BCUT2D eigenvalue weighted by Gasteiger charge is -2.39. The molecular weight excluding hydrogens is 1660 g/mol. The standard InChI is InChI=1S/C21H20F3N3O5.C20H18F3N3O5.2C19H16F3N3O5/c1-2-4-26-20(31)16-18(29)17(28)12(9-27(16)15-3-5-32-21(15)26)19(30)25-8-11-13(23)6-10(22)7-14(11)24;1-2-25-14-7-31-8-15(14)26-6-11(17(27)18(28)16(26)20(25)30)19(29)24-5-10-12(22)3-9(21)4-13(10)23;1-24-13-6-30-7-14(13)25-5-10(16(26)17(27)15(25)19(24)29)18(28)23-4-9-11(21)2-8(20)3-12(9)22;1-24-18(29)14-16(27)15(26)10(7-25(14)13-2-3-30-19(13)24)17(28)23-6-9-11(21)4-8(20)5-12(9)22/h6-7,9,15,21,29H,2-5,8H2,1H3,(H,25,30);3-4,6,14-15,28H,2,5,7-8H2,1H3,(H,24,29);2-3,5,13-14,27H,4,6-7H2,1H3,(H,23,28);4-5,7,13,19,27H,2-3,6H2,1H3,(H,23,28)/t15-,21+;14-,15+;13-,14+;13-,19+/m1001/s1. The number of nitrogens with zero attached hydrogens (tertiary/aromatic N) is 8. The molecule has 0 bridgehead atoms. The number of rotatable bonds is 15. The number of ether oxygens (including phenoxy) is 4. The number of amides is 8. The van der Waals surface area contributed by atoms with Crippen LogP contribution >= 0.6 is 0 Å². The number of carbonyl (C=O) groups excluding carboxylic acids is 8. The number of fused-ring (bicyclic) bond motifs is 12. The highest BCUT2D eigenvalue weighted by molar-refractivity contribution is 6.02. The molecule has 8 amide bonds. The maximum absolute atomic E-state index is 13.8. The lowest BCUT2D eigenvalue weighted by atomic mass is 10.0. The molecular formula is C79H70F12N12O20. The van der Waals surface area contributed by atoms with Gasteiger partial charge in [0.05, 0.1) is 75.9 Å². The topological polar surface area (TPSA) is 403 Å². The van der Waals surface area contributed by atoms with Crippen LogP contribution in [0.4, 0.5) is 52.7 Å². The van der Waals surface area contributed by atoms with Gasteiger partial charge >= 0.3 is 0 Å². The molecule has 4 fully saturated rings. The predicted octanol–water partition coefficient (Wildman–Crippen LogP) is 5.57. The second-order valence-corrected chi connectivity index (χ2v) is 29.0. The summed E-state index contributed by atoms with van der Waals surface area (Å²) in [6.45, 7) is 3.32. The molecule has 8 aromatic rings. The summed E-state index contributed by atoms with van der Waals surface area (Å²) in [5, 5.41) is 50.3. The molecule has 8 aliphatic rings. The molecule has 16 rings (SSSR count). The number of aromatic nitrogens is 4. The summed E-state index contributed by atoms with van der Waals surface area (Å²) in [4.78, 5) is 157. The molecule has 4 saturated heterocycles. The third-order valence-corrected chi connectivity index (χ3v) is 21.8. The number of pyridine rings is 4. The maximum Gasteiger partial charge on any atom is 0.276 e. The lowest BCUT2D eigenvalue weighted by molar-refractivity contribution is -0.0350. The van der Waals surface area contributed by atoms with Gasteiger partial charge in [0.1, 0.15) is 92.1 Å². The SMILES string of the molecule is CCCN1C(=O)c2c(O)c(=O)c(C(=O)NCc3c(F)cc(F)cc3F)cn2[C@@H]2CCO[C@@H]21.CCN1C(=O)c2c(O)c(=O)c(C(=O)NCc3c(F)cc(F)cc3F)cn2[C@@H]2COC[C@@H]21.CN1C(=O)c2c(O)c(=O)c(C(=O)NCc3c(F)cc(F)cc3F)cn2[C@@H]2CCO[C@@H]21.CN1C(=O)c2c(O)c(=O)c(C(=O)NCc3c(F)cc(F)cc3F)cn2[C@@H]2COC[C@@H]21. The summed E-state index contributed by atoms with van der Waals surface area (Å²) in [7, 11) is 3.00. The van der Waals surface area contributed by atoms with Crippen molar-refractivity contribution in [2.75, 3.05) is 66.8 Å². The third kappa shape index (κ3) is 16.3. The Labute approximate surface area is 683 Å². The van der Waals surface area contributed by atoms with E-state index in [4.69, 9.17) is 18.9 Å². The van der Waals surface area contributed by atoms with Gasteiger partial charge in [-0.15, -0.1) is 0 Å². The Bertz CT molecular complexity index is 5740. The minimum atomic E-state index is -1.20. The predicted molar refractivity (Wildman–Crippen MR) is 396 cm³/mol. The van der Waals surface area contributed by atoms with E-state index in [1.54, 1.807) is 6.92 Å². The summed E-state index contributed by atoms with van der Waals surface area (Å²) in [5.74, 6) is -24.0. The largest absolute Gasteiger partial charge is 0.503 e. The van der Waals surface area contributed by atoms with Crippen LogP contribution in [0.15, 0.2) is 92.5 Å². The number of likely N-dealkylation sites (N-methyl/N-ethyl adjacent to an activating group) is 3. The van der Waals surface area contributed by atoms with Crippen molar-refractivity contribution in [3.05, 3.63) is 251 Å². The van der Waals surface area contributed by atoms with Gasteiger partial charge in [-0.3, -0.25) is 57.5 Å². The van der Waals surface area contributed by atoms with Crippen LogP contribution in [0.25, 0.3) is 0 Å². The first-order valence-electron chi connectivity index (χ1n) is 37.5. The van der Waals surface area contributed by atoms with Gasteiger partial charge in [0, 0.05) is 149 Å². The molecule has 650 valence electrons. The Morgan fingerprint density at radius 2 is 0.634 bits per heavy atom. The average molecular weight is 1740 g/mol. The van der Waals surface area contributed by atoms with Crippen molar-refractivity contribution in [2.45, 2.75) is 108 Å². The summed E-state index contributed by atoms with van der Waals surface area (Å²) in [6.07, 6.45) is 4.92. The molecule has 0 aliphatic carbocycles. The molecule has 8 aliphatic heterocycles. The van der Waals surface area contributed by atoms with Gasteiger partial charge in [0.25, 0.3) is 47.3 Å². The Morgan fingerprint density at radius 1 is 0.366 bits per heavy atom. The third-order valence-electron chi connectivity index (χ3n) is 21.8. The van der Waals surface area contributed by atoms with E-state index in [0.717, 1.165) is 24.8 Å². The first-order valence-corrected chi connectivity index (χ1v) is 37.5. The van der Waals surface area contributed by atoms with Crippen LogP contribution in [0.2, 0.25) is 0 Å². The smallest absolute Gasteiger partial charge is 0.276 e. The van der Waals surface area contributed by atoms with Gasteiger partial charge in [-0.05, 0) is 26.2 Å². The van der Waals surface area contributed by atoms with Gasteiger partial charge in [0.2, 0.25) is 21.7 Å². The number of carbonyl (C=O) groups is 8. The van der Waals surface area contributed by atoms with Crippen molar-refractivity contribution in [1.29, 1.82) is 0 Å². The highest BCUT2D eigenvalue weighted by atomic mass is 19.2. The van der Waals surface area contributed by atoms with Crippen molar-refractivity contribution in [3.8, 4) is 23.0 Å². The molecule has 4 aromatic carbocycles. The van der Waals surface area contributed by atoms with Gasteiger partial charge in [0.15, 0.2) is 58.2 Å². The molecule has 0 radical (unpaired) electrons. The molecule has 12 heterocycles. The van der Waals surface area contributed by atoms with E-state index in [1.807, 2.05) is 6.92 Å². The van der Waals surface area contributed by atoms with E-state index in [0.29, 0.717) is 94.1 Å². The van der Waals surface area contributed by atoms with Crippen molar-refractivity contribution in [1.82, 2.24) is 59.1 Å². The molecule has 0 saturated carbocycles. The van der Waals surface area contributed by atoms with Gasteiger partial charge in [-0.2, -0.15) is 0 Å². The van der Waals surface area contributed by atoms with Gasteiger partial charge in [-0.25, -0.2) is 52.7 Å². The van der Waals surface area contributed by atoms with Crippen LogP contribution in [-0.4, -0.2) is 197 Å². The second kappa shape index (κ2) is 35.0. The van der Waals surface area contributed by atoms with Crippen molar-refractivity contribution < 1.29 is 130 Å². The van der Waals surface area contributed by atoms with E-state index in [2.05, 4.69) is 21.3 Å².